The van der Waals surface area contributed by atoms with Gasteiger partial charge in [-0.25, -0.2) is 13.1 Å². The molecule has 8 nitrogen and oxygen atoms in total. The van der Waals surface area contributed by atoms with E-state index in [0.29, 0.717) is 0 Å². The van der Waals surface area contributed by atoms with Gasteiger partial charge in [-0.2, -0.15) is 0 Å². The summed E-state index contributed by atoms with van der Waals surface area (Å²) in [6.45, 7) is 4.60. The topological polar surface area (TPSA) is 125 Å². The molecule has 0 aliphatic rings. The zero-order valence-electron chi connectivity index (χ0n) is 15.9. The molecule has 2 aromatic rings. The highest BCUT2D eigenvalue weighted by molar-refractivity contribution is 7.89. The first kappa shape index (κ1) is 21.4. The summed E-state index contributed by atoms with van der Waals surface area (Å²) in [5.74, 6) is -1.29. The van der Waals surface area contributed by atoms with E-state index in [9.17, 15) is 23.1 Å². The van der Waals surface area contributed by atoms with Crippen LogP contribution < -0.4 is 15.4 Å². The van der Waals surface area contributed by atoms with Crippen LogP contribution in [0, 0.1) is 20.8 Å². The number of hydrogen-bond donors (Lipinski definition) is 4. The minimum Gasteiger partial charge on any atom is -0.506 e. The summed E-state index contributed by atoms with van der Waals surface area (Å²) in [6.07, 6.45) is 0. The van der Waals surface area contributed by atoms with Crippen molar-refractivity contribution in [1.82, 2.24) is 10.0 Å². The Morgan fingerprint density at radius 3 is 2.29 bits per heavy atom. The van der Waals surface area contributed by atoms with E-state index in [0.717, 1.165) is 16.7 Å². The number of anilines is 1. The normalized spacial score (nSPS) is 11.1. The number of amides is 2. The van der Waals surface area contributed by atoms with Crippen LogP contribution in [0.1, 0.15) is 16.7 Å². The van der Waals surface area contributed by atoms with Gasteiger partial charge < -0.3 is 15.7 Å². The second-order valence-electron chi connectivity index (χ2n) is 6.42. The average molecular weight is 405 g/mol. The van der Waals surface area contributed by atoms with Crippen LogP contribution in [-0.4, -0.2) is 38.4 Å². The number of aromatic hydroxyl groups is 1. The minimum atomic E-state index is -3.84. The average Bonchev–Trinajstić information content (AvgIpc) is 2.63. The molecule has 2 aromatic carbocycles. The number of benzene rings is 2. The number of aryl methyl sites for hydroxylation is 3. The standard InChI is InChI=1S/C19H23N3O5S/c1-12-4-7-16(17(23)8-12)22-19(25)10-20-18(24)11-21-28(26,27)15-6-5-13(2)14(3)9-15/h4-9,21,23H,10-11H2,1-3H3,(H,20,24)(H,22,25). The van der Waals surface area contributed by atoms with E-state index in [-0.39, 0.29) is 22.9 Å². The molecule has 28 heavy (non-hydrogen) atoms. The van der Waals surface area contributed by atoms with Gasteiger partial charge in [0.25, 0.3) is 0 Å². The summed E-state index contributed by atoms with van der Waals surface area (Å²) in [6, 6.07) is 9.43. The molecule has 0 bridgehead atoms. The van der Waals surface area contributed by atoms with Gasteiger partial charge in [0, 0.05) is 0 Å². The molecule has 0 aliphatic carbocycles. The second kappa shape index (κ2) is 8.85. The van der Waals surface area contributed by atoms with Crippen molar-refractivity contribution in [2.75, 3.05) is 18.4 Å². The summed E-state index contributed by atoms with van der Waals surface area (Å²) in [5.41, 5.74) is 2.84. The molecule has 0 aromatic heterocycles. The fourth-order valence-corrected chi connectivity index (χ4v) is 3.37. The summed E-state index contributed by atoms with van der Waals surface area (Å²) in [4.78, 5) is 23.8. The number of carbonyl (C=O) groups is 2. The molecule has 0 spiro atoms. The molecule has 2 rings (SSSR count). The van der Waals surface area contributed by atoms with Crippen molar-refractivity contribution in [1.29, 1.82) is 0 Å². The number of nitrogens with one attached hydrogen (secondary N) is 3. The third-order valence-electron chi connectivity index (χ3n) is 4.08. The Bertz CT molecular complexity index is 1000. The predicted molar refractivity (Wildman–Crippen MR) is 106 cm³/mol. The Kier molecular flexibility index (Phi) is 6.76. The van der Waals surface area contributed by atoms with Gasteiger partial charge in [-0.15, -0.1) is 0 Å². The smallest absolute Gasteiger partial charge is 0.243 e. The molecule has 0 atom stereocenters. The maximum absolute atomic E-state index is 12.2. The van der Waals surface area contributed by atoms with Crippen molar-refractivity contribution in [3.05, 3.63) is 53.1 Å². The molecular weight excluding hydrogens is 382 g/mol. The van der Waals surface area contributed by atoms with Crippen LogP contribution in [0.2, 0.25) is 0 Å². The van der Waals surface area contributed by atoms with Crippen LogP contribution >= 0.6 is 0 Å². The quantitative estimate of drug-likeness (QED) is 0.518. The van der Waals surface area contributed by atoms with Gasteiger partial charge in [0.15, 0.2) is 0 Å². The van der Waals surface area contributed by atoms with E-state index in [2.05, 4.69) is 15.4 Å². The number of phenolic OH excluding ortho intramolecular Hbond substituents is 1. The van der Waals surface area contributed by atoms with Gasteiger partial charge >= 0.3 is 0 Å². The minimum absolute atomic E-state index is 0.0657. The van der Waals surface area contributed by atoms with Gasteiger partial charge in [0.1, 0.15) is 5.75 Å². The van der Waals surface area contributed by atoms with Crippen molar-refractivity contribution in [3.63, 3.8) is 0 Å². The summed E-state index contributed by atoms with van der Waals surface area (Å²) >= 11 is 0. The van der Waals surface area contributed by atoms with Crippen LogP contribution in [0.15, 0.2) is 41.3 Å². The fourth-order valence-electron chi connectivity index (χ4n) is 2.31. The summed E-state index contributed by atoms with van der Waals surface area (Å²) in [7, 11) is -3.84. The molecule has 150 valence electrons. The third kappa shape index (κ3) is 5.80. The zero-order valence-corrected chi connectivity index (χ0v) is 16.7. The molecule has 0 unspecified atom stereocenters. The van der Waals surface area contributed by atoms with Crippen molar-refractivity contribution in [3.8, 4) is 5.75 Å². The van der Waals surface area contributed by atoms with Crippen LogP contribution in [0.4, 0.5) is 5.69 Å². The lowest BCUT2D eigenvalue weighted by Crippen LogP contribution is -2.40. The highest BCUT2D eigenvalue weighted by atomic mass is 32.2. The Morgan fingerprint density at radius 2 is 1.64 bits per heavy atom. The monoisotopic (exact) mass is 405 g/mol. The Morgan fingerprint density at radius 1 is 0.929 bits per heavy atom. The molecule has 0 saturated heterocycles. The van der Waals surface area contributed by atoms with E-state index in [1.165, 1.54) is 18.2 Å². The number of hydrogen-bond acceptors (Lipinski definition) is 5. The predicted octanol–water partition coefficient (Wildman–Crippen LogP) is 1.35. The maximum atomic E-state index is 12.2. The van der Waals surface area contributed by atoms with Crippen LogP contribution in [0.25, 0.3) is 0 Å². The molecule has 9 heteroatoms. The van der Waals surface area contributed by atoms with Crippen LogP contribution in [-0.2, 0) is 19.6 Å². The molecule has 0 heterocycles. The molecule has 0 radical (unpaired) electrons. The molecule has 0 aliphatic heterocycles. The van der Waals surface area contributed by atoms with Gasteiger partial charge in [-0.1, -0.05) is 12.1 Å². The largest absolute Gasteiger partial charge is 0.506 e. The Labute approximate surface area is 164 Å². The summed E-state index contributed by atoms with van der Waals surface area (Å²) in [5, 5.41) is 14.5. The number of sulfonamides is 1. The highest BCUT2D eigenvalue weighted by Gasteiger charge is 2.16. The lowest BCUT2D eigenvalue weighted by atomic mass is 10.1. The Hall–Kier alpha value is -2.91. The molecule has 4 N–H and O–H groups in total. The van der Waals surface area contributed by atoms with Crippen molar-refractivity contribution >= 4 is 27.5 Å². The van der Waals surface area contributed by atoms with Gasteiger partial charge in [-0.05, 0) is 61.7 Å². The van der Waals surface area contributed by atoms with E-state index in [1.54, 1.807) is 32.0 Å². The molecule has 2 amide bonds. The Balaban J connectivity index is 1.84. The van der Waals surface area contributed by atoms with E-state index in [4.69, 9.17) is 0 Å². The fraction of sp³-hybridized carbons (Fsp3) is 0.263. The number of rotatable bonds is 7. The SMILES string of the molecule is Cc1ccc(NC(=O)CNC(=O)CNS(=O)(=O)c2ccc(C)c(C)c2)c(O)c1. The zero-order chi connectivity index (χ0) is 20.9. The first-order valence-corrected chi connectivity index (χ1v) is 10.00. The molecular formula is C19H23N3O5S. The van der Waals surface area contributed by atoms with Crippen molar-refractivity contribution in [2.24, 2.45) is 0 Å². The molecule has 0 saturated carbocycles. The maximum Gasteiger partial charge on any atom is 0.243 e. The van der Waals surface area contributed by atoms with E-state index in [1.807, 2.05) is 6.92 Å². The summed E-state index contributed by atoms with van der Waals surface area (Å²) < 4.78 is 26.7. The molecule has 0 fully saturated rings. The van der Waals surface area contributed by atoms with E-state index >= 15 is 0 Å². The van der Waals surface area contributed by atoms with E-state index < -0.39 is 28.4 Å². The van der Waals surface area contributed by atoms with Crippen molar-refractivity contribution in [2.45, 2.75) is 25.7 Å². The lowest BCUT2D eigenvalue weighted by Gasteiger charge is -2.10. The number of carbonyl (C=O) groups excluding carboxylic acids is 2. The first-order chi connectivity index (χ1) is 13.1. The first-order valence-electron chi connectivity index (χ1n) is 8.51. The number of phenols is 1. The van der Waals surface area contributed by atoms with Crippen LogP contribution in [0.5, 0.6) is 5.75 Å². The second-order valence-corrected chi connectivity index (χ2v) is 8.18. The highest BCUT2D eigenvalue weighted by Crippen LogP contribution is 2.23. The van der Waals surface area contributed by atoms with Crippen LogP contribution in [0.3, 0.4) is 0 Å². The third-order valence-corrected chi connectivity index (χ3v) is 5.48. The van der Waals surface area contributed by atoms with Gasteiger partial charge in [0.05, 0.1) is 23.7 Å². The van der Waals surface area contributed by atoms with Crippen molar-refractivity contribution < 1.29 is 23.1 Å². The lowest BCUT2D eigenvalue weighted by molar-refractivity contribution is -0.123. The van der Waals surface area contributed by atoms with Gasteiger partial charge in [-0.3, -0.25) is 9.59 Å². The van der Waals surface area contributed by atoms with Gasteiger partial charge in [0.2, 0.25) is 21.8 Å².